The van der Waals surface area contributed by atoms with Crippen LogP contribution in [0, 0.1) is 6.92 Å². The fourth-order valence-electron chi connectivity index (χ4n) is 1.86. The zero-order chi connectivity index (χ0) is 12.4. The number of nitrogen functional groups attached to an aromatic ring is 1. The third-order valence-corrected chi connectivity index (χ3v) is 3.63. The first-order valence-electron chi connectivity index (χ1n) is 5.69. The van der Waals surface area contributed by atoms with Crippen molar-refractivity contribution < 1.29 is 0 Å². The number of aryl methyl sites for hydroxylation is 1. The van der Waals surface area contributed by atoms with Crippen molar-refractivity contribution in [3.8, 4) is 0 Å². The zero-order valence-electron chi connectivity index (χ0n) is 10.3. The van der Waals surface area contributed by atoms with Gasteiger partial charge in [0.05, 0.1) is 5.39 Å². The predicted molar refractivity (Wildman–Crippen MR) is 73.5 cm³/mol. The van der Waals surface area contributed by atoms with Gasteiger partial charge in [0.1, 0.15) is 10.6 Å². The van der Waals surface area contributed by atoms with E-state index in [2.05, 4.69) is 47.1 Å². The second-order valence-electron chi connectivity index (χ2n) is 3.76. The average Bonchev–Trinajstić information content (AvgIpc) is 2.70. The Morgan fingerprint density at radius 2 is 2.06 bits per heavy atom. The molecular weight excluding hydrogens is 234 g/mol. The van der Waals surface area contributed by atoms with Crippen molar-refractivity contribution in [2.24, 2.45) is 5.84 Å². The number of hydrogen-bond donors (Lipinski definition) is 2. The number of rotatable bonds is 4. The van der Waals surface area contributed by atoms with Crippen LogP contribution in [0.3, 0.4) is 0 Å². The first-order valence-corrected chi connectivity index (χ1v) is 6.51. The van der Waals surface area contributed by atoms with Crippen LogP contribution in [0.25, 0.3) is 10.2 Å². The van der Waals surface area contributed by atoms with Crippen molar-refractivity contribution in [1.82, 2.24) is 9.97 Å². The summed E-state index contributed by atoms with van der Waals surface area (Å²) in [6, 6.07) is 2.13. The van der Waals surface area contributed by atoms with E-state index in [1.807, 2.05) is 0 Å². The quantitative estimate of drug-likeness (QED) is 0.643. The maximum Gasteiger partial charge on any atom is 0.240 e. The molecule has 5 nitrogen and oxygen atoms in total. The van der Waals surface area contributed by atoms with Gasteiger partial charge in [-0.15, -0.1) is 11.3 Å². The van der Waals surface area contributed by atoms with Crippen molar-refractivity contribution in [3.63, 3.8) is 0 Å². The average molecular weight is 251 g/mol. The van der Waals surface area contributed by atoms with Gasteiger partial charge in [0.2, 0.25) is 5.95 Å². The first-order chi connectivity index (χ1) is 8.19. The minimum atomic E-state index is 0.473. The summed E-state index contributed by atoms with van der Waals surface area (Å²) < 4.78 is 0. The number of nitrogens with one attached hydrogen (secondary N) is 1. The highest BCUT2D eigenvalue weighted by atomic mass is 32.1. The highest BCUT2D eigenvalue weighted by Gasteiger charge is 2.13. The molecule has 2 aromatic rings. The molecule has 2 heterocycles. The first kappa shape index (κ1) is 12.1. The van der Waals surface area contributed by atoms with Crippen LogP contribution in [0.4, 0.5) is 11.8 Å². The van der Waals surface area contributed by atoms with Crippen molar-refractivity contribution in [2.75, 3.05) is 23.4 Å². The number of fused-ring (bicyclic) bond motifs is 1. The Labute approximate surface area is 105 Å². The Hall–Kier alpha value is -1.40. The minimum Gasteiger partial charge on any atom is -0.356 e. The van der Waals surface area contributed by atoms with E-state index in [0.717, 1.165) is 29.1 Å². The van der Waals surface area contributed by atoms with Crippen LogP contribution in [0.15, 0.2) is 6.07 Å². The molecule has 6 heteroatoms. The Morgan fingerprint density at radius 1 is 1.35 bits per heavy atom. The normalized spacial score (nSPS) is 10.8. The molecule has 0 saturated heterocycles. The molecule has 0 atom stereocenters. The molecule has 0 saturated carbocycles. The van der Waals surface area contributed by atoms with E-state index >= 15 is 0 Å². The van der Waals surface area contributed by atoms with E-state index in [9.17, 15) is 0 Å². The Morgan fingerprint density at radius 3 is 2.65 bits per heavy atom. The van der Waals surface area contributed by atoms with Crippen LogP contribution < -0.4 is 16.2 Å². The molecule has 0 aliphatic rings. The smallest absolute Gasteiger partial charge is 0.240 e. The molecule has 0 bridgehead atoms. The number of hydrazine groups is 1. The van der Waals surface area contributed by atoms with Gasteiger partial charge in [-0.05, 0) is 26.8 Å². The summed E-state index contributed by atoms with van der Waals surface area (Å²) in [5, 5.41) is 1.11. The summed E-state index contributed by atoms with van der Waals surface area (Å²) in [5.41, 5.74) is 2.53. The number of nitrogens with two attached hydrogens (primary N) is 1. The number of nitrogens with zero attached hydrogens (tertiary/aromatic N) is 3. The SMILES string of the molecule is CCN(CC)c1nc(NN)nc2sc(C)cc12. The van der Waals surface area contributed by atoms with Crippen LogP contribution in [-0.4, -0.2) is 23.1 Å². The van der Waals surface area contributed by atoms with Gasteiger partial charge in [0.15, 0.2) is 0 Å². The van der Waals surface area contributed by atoms with E-state index in [-0.39, 0.29) is 0 Å². The maximum absolute atomic E-state index is 5.41. The van der Waals surface area contributed by atoms with Crippen LogP contribution in [0.5, 0.6) is 0 Å². The van der Waals surface area contributed by atoms with Crippen molar-refractivity contribution >= 4 is 33.3 Å². The summed E-state index contributed by atoms with van der Waals surface area (Å²) in [7, 11) is 0. The lowest BCUT2D eigenvalue weighted by Crippen LogP contribution is -2.24. The predicted octanol–water partition coefficient (Wildman–Crippen LogP) is 2.13. The maximum atomic E-state index is 5.41. The van der Waals surface area contributed by atoms with E-state index < -0.39 is 0 Å². The molecule has 2 aromatic heterocycles. The Bertz CT molecular complexity index is 518. The molecule has 0 radical (unpaired) electrons. The van der Waals surface area contributed by atoms with Crippen molar-refractivity contribution in [1.29, 1.82) is 0 Å². The van der Waals surface area contributed by atoms with Gasteiger partial charge >= 0.3 is 0 Å². The zero-order valence-corrected chi connectivity index (χ0v) is 11.1. The van der Waals surface area contributed by atoms with E-state index in [4.69, 9.17) is 5.84 Å². The topological polar surface area (TPSA) is 67.1 Å². The lowest BCUT2D eigenvalue weighted by Gasteiger charge is -2.20. The van der Waals surface area contributed by atoms with Crippen LogP contribution in [-0.2, 0) is 0 Å². The third kappa shape index (κ3) is 2.18. The fourth-order valence-corrected chi connectivity index (χ4v) is 2.73. The van der Waals surface area contributed by atoms with E-state index in [1.165, 1.54) is 4.88 Å². The standard InChI is InChI=1S/C11H17N5S/c1-4-16(5-2)9-8-6-7(3)17-10(8)14-11(13-9)15-12/h6H,4-5,12H2,1-3H3,(H,13,14,15). The van der Waals surface area contributed by atoms with Crippen LogP contribution >= 0.6 is 11.3 Å². The lowest BCUT2D eigenvalue weighted by atomic mass is 10.3. The van der Waals surface area contributed by atoms with Gasteiger partial charge in [-0.2, -0.15) is 4.98 Å². The summed E-state index contributed by atoms with van der Waals surface area (Å²) in [5.74, 6) is 6.84. The van der Waals surface area contributed by atoms with Gasteiger partial charge in [-0.25, -0.2) is 10.8 Å². The summed E-state index contributed by atoms with van der Waals surface area (Å²) in [6.45, 7) is 8.15. The second kappa shape index (κ2) is 4.85. The van der Waals surface area contributed by atoms with Gasteiger partial charge in [-0.3, -0.25) is 5.43 Å². The molecule has 0 fully saturated rings. The van der Waals surface area contributed by atoms with Gasteiger partial charge in [0, 0.05) is 18.0 Å². The van der Waals surface area contributed by atoms with Crippen molar-refractivity contribution in [3.05, 3.63) is 10.9 Å². The molecular formula is C11H17N5S. The van der Waals surface area contributed by atoms with E-state index in [1.54, 1.807) is 11.3 Å². The van der Waals surface area contributed by atoms with Gasteiger partial charge in [0.25, 0.3) is 0 Å². The molecule has 3 N–H and O–H groups in total. The highest BCUT2D eigenvalue weighted by Crippen LogP contribution is 2.31. The number of anilines is 2. The monoisotopic (exact) mass is 251 g/mol. The molecule has 0 aromatic carbocycles. The molecule has 0 aliphatic heterocycles. The number of aromatic nitrogens is 2. The summed E-state index contributed by atoms with van der Waals surface area (Å²) in [6.07, 6.45) is 0. The molecule has 92 valence electrons. The second-order valence-corrected chi connectivity index (χ2v) is 5.00. The highest BCUT2D eigenvalue weighted by molar-refractivity contribution is 7.18. The Kier molecular flexibility index (Phi) is 3.44. The molecule has 0 unspecified atom stereocenters. The summed E-state index contributed by atoms with van der Waals surface area (Å²) in [4.78, 5) is 13.2. The minimum absolute atomic E-state index is 0.473. The third-order valence-electron chi connectivity index (χ3n) is 2.69. The van der Waals surface area contributed by atoms with Crippen LogP contribution in [0.2, 0.25) is 0 Å². The van der Waals surface area contributed by atoms with Gasteiger partial charge in [-0.1, -0.05) is 0 Å². The van der Waals surface area contributed by atoms with E-state index in [0.29, 0.717) is 5.95 Å². The molecule has 0 spiro atoms. The number of hydrogen-bond acceptors (Lipinski definition) is 6. The molecule has 17 heavy (non-hydrogen) atoms. The summed E-state index contributed by atoms with van der Waals surface area (Å²) >= 11 is 1.66. The van der Waals surface area contributed by atoms with Crippen molar-refractivity contribution in [2.45, 2.75) is 20.8 Å². The molecule has 0 amide bonds. The number of thiophene rings is 1. The van der Waals surface area contributed by atoms with Crippen LogP contribution in [0.1, 0.15) is 18.7 Å². The lowest BCUT2D eigenvalue weighted by molar-refractivity contribution is 0.849. The van der Waals surface area contributed by atoms with Gasteiger partial charge < -0.3 is 4.90 Å². The fraction of sp³-hybridized carbons (Fsp3) is 0.455. The molecule has 0 aliphatic carbocycles. The molecule has 2 rings (SSSR count). The Balaban J connectivity index is 2.65. The largest absolute Gasteiger partial charge is 0.356 e.